The van der Waals surface area contributed by atoms with Crippen LogP contribution in [-0.2, 0) is 4.79 Å². The fourth-order valence-corrected chi connectivity index (χ4v) is 3.83. The third-order valence-electron chi connectivity index (χ3n) is 5.18. The van der Waals surface area contributed by atoms with Gasteiger partial charge in [0.1, 0.15) is 5.92 Å². The first kappa shape index (κ1) is 18.0. The van der Waals surface area contributed by atoms with Gasteiger partial charge in [0, 0.05) is 12.6 Å². The van der Waals surface area contributed by atoms with Crippen molar-refractivity contribution in [2.75, 3.05) is 28.1 Å². The van der Waals surface area contributed by atoms with E-state index in [-0.39, 0.29) is 18.3 Å². The Labute approximate surface area is 161 Å². The fraction of sp³-hybridized carbons (Fsp3) is 0.300. The van der Waals surface area contributed by atoms with E-state index >= 15 is 0 Å². The molecule has 8 nitrogen and oxygen atoms in total. The van der Waals surface area contributed by atoms with Crippen LogP contribution in [0.15, 0.2) is 30.3 Å². The van der Waals surface area contributed by atoms with Crippen molar-refractivity contribution in [1.29, 1.82) is 0 Å². The van der Waals surface area contributed by atoms with Gasteiger partial charge >= 0.3 is 5.97 Å². The first-order chi connectivity index (χ1) is 13.5. The Balaban J connectivity index is 1.89. The second kappa shape index (κ2) is 6.63. The molecule has 2 aromatic carbocycles. The van der Waals surface area contributed by atoms with Gasteiger partial charge in [-0.1, -0.05) is 6.07 Å². The lowest BCUT2D eigenvalue weighted by Gasteiger charge is -2.39. The van der Waals surface area contributed by atoms with Gasteiger partial charge in [0.25, 0.3) is 5.91 Å². The number of nitrogens with zero attached hydrogens (tertiary/aromatic N) is 1. The van der Waals surface area contributed by atoms with Crippen LogP contribution in [0.1, 0.15) is 33.4 Å². The fourth-order valence-electron chi connectivity index (χ4n) is 3.83. The molecule has 0 saturated carbocycles. The normalized spacial score (nSPS) is 20.0. The SMILES string of the molecule is COc1cc2c(cc1OC)C(C(=O)O)C(c1ccc3c(c1)OCO3)N(C)C2=O. The molecule has 2 aromatic rings. The average Bonchev–Trinajstić information content (AvgIpc) is 3.16. The summed E-state index contributed by atoms with van der Waals surface area (Å²) in [4.78, 5) is 26.8. The third kappa shape index (κ3) is 2.60. The number of methoxy groups -OCH3 is 2. The molecule has 1 amide bonds. The summed E-state index contributed by atoms with van der Waals surface area (Å²) in [6.07, 6.45) is 0. The van der Waals surface area contributed by atoms with Gasteiger partial charge in [-0.15, -0.1) is 0 Å². The van der Waals surface area contributed by atoms with Gasteiger partial charge in [-0.25, -0.2) is 0 Å². The molecule has 2 heterocycles. The molecule has 4 rings (SSSR count). The third-order valence-corrected chi connectivity index (χ3v) is 5.18. The summed E-state index contributed by atoms with van der Waals surface area (Å²) >= 11 is 0. The lowest BCUT2D eigenvalue weighted by atomic mass is 9.79. The zero-order chi connectivity index (χ0) is 20.0. The van der Waals surface area contributed by atoms with E-state index < -0.39 is 17.9 Å². The molecule has 2 atom stereocenters. The van der Waals surface area contributed by atoms with Crippen molar-refractivity contribution in [3.05, 3.63) is 47.0 Å². The average molecular weight is 385 g/mol. The van der Waals surface area contributed by atoms with Gasteiger partial charge in [-0.3, -0.25) is 9.59 Å². The number of hydrogen-bond donors (Lipinski definition) is 1. The van der Waals surface area contributed by atoms with E-state index in [1.165, 1.54) is 25.2 Å². The van der Waals surface area contributed by atoms with Crippen molar-refractivity contribution in [2.24, 2.45) is 0 Å². The van der Waals surface area contributed by atoms with Crippen molar-refractivity contribution in [2.45, 2.75) is 12.0 Å². The number of carbonyl (C=O) groups is 2. The maximum absolute atomic E-state index is 13.1. The Hall–Kier alpha value is -3.42. The quantitative estimate of drug-likeness (QED) is 0.864. The lowest BCUT2D eigenvalue weighted by molar-refractivity contribution is -0.140. The summed E-state index contributed by atoms with van der Waals surface area (Å²) in [7, 11) is 4.52. The standard InChI is InChI=1S/C20H19NO7/c1-21-18(10-4-5-13-16(6-10)28-9-27-13)17(20(23)24)11-7-14(25-2)15(26-3)8-12(11)19(21)22/h4-8,17-18H,9H2,1-3H3,(H,23,24). The smallest absolute Gasteiger partial charge is 0.313 e. The molecule has 8 heteroatoms. The minimum atomic E-state index is -1.05. The number of aliphatic carboxylic acids is 1. The summed E-state index contributed by atoms with van der Waals surface area (Å²) in [6.45, 7) is 0.112. The summed E-state index contributed by atoms with van der Waals surface area (Å²) < 4.78 is 21.3. The Morgan fingerprint density at radius 1 is 1.11 bits per heavy atom. The predicted octanol–water partition coefficient (Wildman–Crippen LogP) is 2.43. The molecule has 28 heavy (non-hydrogen) atoms. The van der Waals surface area contributed by atoms with Crippen molar-refractivity contribution in [1.82, 2.24) is 4.90 Å². The van der Waals surface area contributed by atoms with Crippen molar-refractivity contribution >= 4 is 11.9 Å². The minimum absolute atomic E-state index is 0.112. The van der Waals surface area contributed by atoms with Crippen molar-refractivity contribution in [3.8, 4) is 23.0 Å². The van der Waals surface area contributed by atoms with E-state index in [1.807, 2.05) is 0 Å². The Bertz CT molecular complexity index is 971. The molecular weight excluding hydrogens is 366 g/mol. The van der Waals surface area contributed by atoms with E-state index in [4.69, 9.17) is 18.9 Å². The first-order valence-corrected chi connectivity index (χ1v) is 8.61. The number of benzene rings is 2. The van der Waals surface area contributed by atoms with Crippen LogP contribution in [0, 0.1) is 0 Å². The van der Waals surface area contributed by atoms with Crippen LogP contribution in [0.4, 0.5) is 0 Å². The molecule has 0 fully saturated rings. The molecule has 0 radical (unpaired) electrons. The largest absolute Gasteiger partial charge is 0.493 e. The number of fused-ring (bicyclic) bond motifs is 2. The molecule has 2 aliphatic rings. The summed E-state index contributed by atoms with van der Waals surface area (Å²) in [5.41, 5.74) is 1.31. The second-order valence-electron chi connectivity index (χ2n) is 6.58. The number of ether oxygens (including phenoxy) is 4. The highest BCUT2D eigenvalue weighted by Crippen LogP contribution is 2.47. The summed E-state index contributed by atoms with van der Waals surface area (Å²) in [6, 6.07) is 7.57. The Kier molecular flexibility index (Phi) is 4.26. The van der Waals surface area contributed by atoms with Gasteiger partial charge in [0.2, 0.25) is 6.79 Å². The molecule has 0 spiro atoms. The summed E-state index contributed by atoms with van der Waals surface area (Å²) in [5.74, 6) is -0.472. The van der Waals surface area contributed by atoms with Gasteiger partial charge < -0.3 is 29.0 Å². The number of likely N-dealkylation sites (N-methyl/N-ethyl adjacent to an activating group) is 1. The molecule has 1 N–H and O–H groups in total. The Morgan fingerprint density at radius 3 is 2.46 bits per heavy atom. The van der Waals surface area contributed by atoms with Crippen LogP contribution in [0.25, 0.3) is 0 Å². The maximum atomic E-state index is 13.1. The van der Waals surface area contributed by atoms with Crippen molar-refractivity contribution < 1.29 is 33.6 Å². The molecule has 0 bridgehead atoms. The van der Waals surface area contributed by atoms with Crippen LogP contribution in [0.2, 0.25) is 0 Å². The predicted molar refractivity (Wildman–Crippen MR) is 97.3 cm³/mol. The van der Waals surface area contributed by atoms with Crippen LogP contribution < -0.4 is 18.9 Å². The van der Waals surface area contributed by atoms with E-state index in [2.05, 4.69) is 0 Å². The zero-order valence-electron chi connectivity index (χ0n) is 15.6. The molecule has 0 aliphatic carbocycles. The van der Waals surface area contributed by atoms with Crippen molar-refractivity contribution in [3.63, 3.8) is 0 Å². The van der Waals surface area contributed by atoms with Crippen LogP contribution >= 0.6 is 0 Å². The number of rotatable bonds is 4. The molecule has 0 saturated heterocycles. The maximum Gasteiger partial charge on any atom is 0.313 e. The summed E-state index contributed by atoms with van der Waals surface area (Å²) in [5, 5.41) is 10.0. The molecule has 2 aliphatic heterocycles. The number of carbonyl (C=O) groups excluding carboxylic acids is 1. The van der Waals surface area contributed by atoms with Gasteiger partial charge in [0.15, 0.2) is 23.0 Å². The highest BCUT2D eigenvalue weighted by molar-refractivity contribution is 6.01. The van der Waals surface area contributed by atoms with Gasteiger partial charge in [-0.05, 0) is 35.4 Å². The number of hydrogen-bond acceptors (Lipinski definition) is 6. The molecule has 0 aromatic heterocycles. The second-order valence-corrected chi connectivity index (χ2v) is 6.58. The molecule has 146 valence electrons. The van der Waals surface area contributed by atoms with Crippen LogP contribution in [0.5, 0.6) is 23.0 Å². The highest BCUT2D eigenvalue weighted by Gasteiger charge is 2.44. The first-order valence-electron chi connectivity index (χ1n) is 8.61. The van der Waals surface area contributed by atoms with E-state index in [0.29, 0.717) is 34.1 Å². The monoisotopic (exact) mass is 385 g/mol. The van der Waals surface area contributed by atoms with Gasteiger partial charge in [0.05, 0.1) is 20.3 Å². The van der Waals surface area contributed by atoms with Crippen LogP contribution in [-0.4, -0.2) is 49.9 Å². The van der Waals surface area contributed by atoms with E-state index in [0.717, 1.165) is 0 Å². The van der Waals surface area contributed by atoms with Crippen LogP contribution in [0.3, 0.4) is 0 Å². The number of carboxylic acid groups (broad SMARTS) is 1. The van der Waals surface area contributed by atoms with Gasteiger partial charge in [-0.2, -0.15) is 0 Å². The Morgan fingerprint density at radius 2 is 1.79 bits per heavy atom. The van der Waals surface area contributed by atoms with E-state index in [9.17, 15) is 14.7 Å². The zero-order valence-corrected chi connectivity index (χ0v) is 15.6. The lowest BCUT2D eigenvalue weighted by Crippen LogP contribution is -2.42. The number of carboxylic acids is 1. The molecule has 2 unspecified atom stereocenters. The number of amides is 1. The molecular formula is C20H19NO7. The minimum Gasteiger partial charge on any atom is -0.493 e. The topological polar surface area (TPSA) is 94.5 Å². The highest BCUT2D eigenvalue weighted by atomic mass is 16.7. The van der Waals surface area contributed by atoms with E-state index in [1.54, 1.807) is 31.3 Å².